The third kappa shape index (κ3) is 4.04. The molecule has 0 aromatic heterocycles. The Labute approximate surface area is 74.8 Å². The monoisotopic (exact) mass is 175 g/mol. The van der Waals surface area contributed by atoms with E-state index in [0.717, 1.165) is 0 Å². The fourth-order valence-corrected chi connectivity index (χ4v) is 1.64. The van der Waals surface area contributed by atoms with E-state index in [-0.39, 0.29) is 6.61 Å². The predicted molar refractivity (Wildman–Crippen MR) is 50.0 cm³/mol. The molecule has 0 spiro atoms. The summed E-state index contributed by atoms with van der Waals surface area (Å²) in [6.07, 6.45) is 3.71. The van der Waals surface area contributed by atoms with Crippen molar-refractivity contribution in [1.29, 1.82) is 0 Å². The van der Waals surface area contributed by atoms with Crippen molar-refractivity contribution in [3.05, 3.63) is 0 Å². The average molecular weight is 175 g/mol. The van der Waals surface area contributed by atoms with Crippen LogP contribution in [0.5, 0.6) is 0 Å². The predicted octanol–water partition coefficient (Wildman–Crippen LogP) is 0.365. The molecule has 1 rings (SSSR count). The van der Waals surface area contributed by atoms with Gasteiger partial charge in [-0.05, 0) is 32.7 Å². The zero-order valence-electron chi connectivity index (χ0n) is 8.08. The molecular weight excluding hydrogens is 154 g/mol. The first-order chi connectivity index (χ1) is 5.79. The van der Waals surface area contributed by atoms with Crippen LogP contribution in [-0.4, -0.2) is 36.5 Å². The maximum Gasteiger partial charge on any atom is 0.0474 e. The molecule has 0 amide bonds. The van der Waals surface area contributed by atoms with Gasteiger partial charge in [-0.25, -0.2) is 0 Å². The summed E-state index contributed by atoms with van der Waals surface area (Å²) >= 11 is 0. The molecule has 0 bridgehead atoms. The minimum absolute atomic E-state index is 0.250. The topological polar surface area (TPSA) is 52.5 Å². The Hall–Kier alpha value is -0.120. The van der Waals surface area contributed by atoms with Crippen LogP contribution >= 0.6 is 0 Å². The quantitative estimate of drug-likeness (QED) is 0.568. The van der Waals surface area contributed by atoms with Crippen LogP contribution in [0, 0.1) is 5.92 Å². The van der Waals surface area contributed by atoms with Crippen LogP contribution in [0.15, 0.2) is 0 Å². The van der Waals surface area contributed by atoms with Crippen molar-refractivity contribution in [3.63, 3.8) is 0 Å². The van der Waals surface area contributed by atoms with E-state index in [0.29, 0.717) is 18.6 Å². The summed E-state index contributed by atoms with van der Waals surface area (Å²) in [4.78, 5) is 0. The minimum atomic E-state index is 0.250. The van der Waals surface area contributed by atoms with Crippen LogP contribution in [-0.2, 0) is 0 Å². The molecule has 3 N–H and O–H groups in total. The van der Waals surface area contributed by atoms with Gasteiger partial charge < -0.3 is 15.5 Å². The van der Waals surface area contributed by atoms with E-state index in [1.165, 1.54) is 19.3 Å². The Balaban J connectivity index is 0.000000354. The van der Waals surface area contributed by atoms with E-state index < -0.39 is 0 Å². The van der Waals surface area contributed by atoms with Crippen molar-refractivity contribution in [2.24, 2.45) is 5.92 Å². The van der Waals surface area contributed by atoms with Crippen LogP contribution in [0.3, 0.4) is 0 Å². The molecule has 0 aliphatic heterocycles. The third-order valence-electron chi connectivity index (χ3n) is 2.26. The highest BCUT2D eigenvalue weighted by Crippen LogP contribution is 2.24. The lowest BCUT2D eigenvalue weighted by Crippen LogP contribution is -2.30. The smallest absolute Gasteiger partial charge is 0.0474 e. The number of nitrogens with one attached hydrogen (secondary N) is 1. The van der Waals surface area contributed by atoms with E-state index in [2.05, 4.69) is 5.32 Å². The van der Waals surface area contributed by atoms with Gasteiger partial charge in [0.15, 0.2) is 0 Å². The number of rotatable bonds is 2. The molecule has 0 radical (unpaired) electrons. The molecule has 3 nitrogen and oxygen atoms in total. The van der Waals surface area contributed by atoms with Gasteiger partial charge in [0.25, 0.3) is 0 Å². The molecule has 74 valence electrons. The van der Waals surface area contributed by atoms with Gasteiger partial charge in [-0.1, -0.05) is 6.42 Å². The zero-order chi connectivity index (χ0) is 9.40. The first-order valence-electron chi connectivity index (χ1n) is 4.69. The Morgan fingerprint density at radius 3 is 2.25 bits per heavy atom. The summed E-state index contributed by atoms with van der Waals surface area (Å²) in [5.41, 5.74) is 0. The Morgan fingerprint density at radius 1 is 1.33 bits per heavy atom. The summed E-state index contributed by atoms with van der Waals surface area (Å²) in [7, 11) is 1.97. The normalized spacial score (nSPS) is 28.0. The van der Waals surface area contributed by atoms with Gasteiger partial charge in [-0.2, -0.15) is 0 Å². The molecule has 2 atom stereocenters. The van der Waals surface area contributed by atoms with Gasteiger partial charge in [-0.15, -0.1) is 0 Å². The van der Waals surface area contributed by atoms with Crippen molar-refractivity contribution in [1.82, 2.24) is 5.32 Å². The Bertz CT molecular complexity index is 88.5. The van der Waals surface area contributed by atoms with Crippen molar-refractivity contribution in [2.45, 2.75) is 32.2 Å². The lowest BCUT2D eigenvalue weighted by molar-refractivity contribution is 0.209. The van der Waals surface area contributed by atoms with E-state index in [9.17, 15) is 0 Å². The van der Waals surface area contributed by atoms with Crippen LogP contribution < -0.4 is 5.32 Å². The van der Waals surface area contributed by atoms with Crippen LogP contribution in [0.4, 0.5) is 0 Å². The molecule has 1 fully saturated rings. The van der Waals surface area contributed by atoms with Crippen LogP contribution in [0.2, 0.25) is 0 Å². The summed E-state index contributed by atoms with van der Waals surface area (Å²) in [6, 6.07) is 0.579. The Kier molecular flexibility index (Phi) is 7.45. The SMILES string of the molecule is CCO.CNC1CCCC1CO. The molecule has 1 saturated carbocycles. The molecule has 12 heavy (non-hydrogen) atoms. The minimum Gasteiger partial charge on any atom is -0.397 e. The molecule has 0 aromatic rings. The van der Waals surface area contributed by atoms with E-state index in [4.69, 9.17) is 10.2 Å². The maximum atomic E-state index is 8.83. The fourth-order valence-electron chi connectivity index (χ4n) is 1.64. The second-order valence-corrected chi connectivity index (χ2v) is 3.08. The summed E-state index contributed by atoms with van der Waals surface area (Å²) in [6.45, 7) is 2.28. The number of hydrogen-bond donors (Lipinski definition) is 3. The fraction of sp³-hybridized carbons (Fsp3) is 1.00. The molecule has 1 aliphatic rings. The highest BCUT2D eigenvalue weighted by Gasteiger charge is 2.24. The number of aliphatic hydroxyl groups is 2. The van der Waals surface area contributed by atoms with Gasteiger partial charge in [0.1, 0.15) is 0 Å². The largest absolute Gasteiger partial charge is 0.397 e. The third-order valence-corrected chi connectivity index (χ3v) is 2.26. The highest BCUT2D eigenvalue weighted by molar-refractivity contribution is 4.80. The van der Waals surface area contributed by atoms with Gasteiger partial charge in [0.2, 0.25) is 0 Å². The van der Waals surface area contributed by atoms with Gasteiger partial charge in [0.05, 0.1) is 0 Å². The molecule has 3 heteroatoms. The summed E-state index contributed by atoms with van der Waals surface area (Å²) < 4.78 is 0. The van der Waals surface area contributed by atoms with Crippen LogP contribution in [0.1, 0.15) is 26.2 Å². The van der Waals surface area contributed by atoms with E-state index >= 15 is 0 Å². The lowest BCUT2D eigenvalue weighted by Gasteiger charge is -2.15. The second-order valence-electron chi connectivity index (χ2n) is 3.08. The molecule has 0 saturated heterocycles. The zero-order valence-corrected chi connectivity index (χ0v) is 8.08. The average Bonchev–Trinajstić information content (AvgIpc) is 2.52. The van der Waals surface area contributed by atoms with Crippen molar-refractivity contribution in [2.75, 3.05) is 20.3 Å². The lowest BCUT2D eigenvalue weighted by atomic mass is 10.1. The van der Waals surface area contributed by atoms with Crippen molar-refractivity contribution < 1.29 is 10.2 Å². The van der Waals surface area contributed by atoms with Gasteiger partial charge >= 0.3 is 0 Å². The van der Waals surface area contributed by atoms with Crippen molar-refractivity contribution in [3.8, 4) is 0 Å². The molecule has 2 unspecified atom stereocenters. The summed E-state index contributed by atoms with van der Waals surface area (Å²) in [5, 5.41) is 19.6. The number of hydrogen-bond acceptors (Lipinski definition) is 3. The second kappa shape index (κ2) is 7.53. The van der Waals surface area contributed by atoms with Crippen LogP contribution in [0.25, 0.3) is 0 Å². The van der Waals surface area contributed by atoms with Gasteiger partial charge in [0, 0.05) is 19.3 Å². The molecule has 0 aromatic carbocycles. The first kappa shape index (κ1) is 11.9. The Morgan fingerprint density at radius 2 is 1.92 bits per heavy atom. The van der Waals surface area contributed by atoms with E-state index in [1.807, 2.05) is 7.05 Å². The molecule has 0 heterocycles. The van der Waals surface area contributed by atoms with Gasteiger partial charge in [-0.3, -0.25) is 0 Å². The highest BCUT2D eigenvalue weighted by atomic mass is 16.3. The maximum absolute atomic E-state index is 8.83. The molecule has 1 aliphatic carbocycles. The van der Waals surface area contributed by atoms with Crippen molar-refractivity contribution >= 4 is 0 Å². The van der Waals surface area contributed by atoms with E-state index in [1.54, 1.807) is 6.92 Å². The summed E-state index contributed by atoms with van der Waals surface area (Å²) in [5.74, 6) is 0.523. The molecular formula is C9H21NO2. The standard InChI is InChI=1S/C7H15NO.C2H6O/c1-8-7-4-2-3-6(7)5-9;1-2-3/h6-9H,2-5H2,1H3;3H,2H2,1H3. The number of aliphatic hydroxyl groups excluding tert-OH is 2. The first-order valence-corrected chi connectivity index (χ1v) is 4.69.